The van der Waals surface area contributed by atoms with Crippen LogP contribution in [-0.2, 0) is 0 Å². The first-order valence-electron chi connectivity index (χ1n) is 1.66. The van der Waals surface area contributed by atoms with Crippen molar-refractivity contribution in [3.05, 3.63) is 12.4 Å². The van der Waals surface area contributed by atoms with Crippen molar-refractivity contribution < 1.29 is 4.81 Å². The fourth-order valence-corrected chi connectivity index (χ4v) is 0.212. The standard InChI is InChI=1S/C2H4N5/c1-2-4-5-6-7(2)3/h1H2,(H2,3,4,6)/q+1. The maximum atomic E-state index is 5.06. The fraction of sp³-hybridized carbons (Fsp3) is 0. The molecule has 0 amide bonds. The van der Waals surface area contributed by atoms with Crippen molar-refractivity contribution in [2.45, 2.75) is 0 Å². The zero-order valence-electron chi connectivity index (χ0n) is 3.57. The van der Waals surface area contributed by atoms with Gasteiger partial charge < -0.3 is 0 Å². The SMILES string of the molecule is C=C1N=NN=[N+]1N. The summed E-state index contributed by atoms with van der Waals surface area (Å²) in [6.07, 6.45) is 0. The Labute approximate surface area is 39.8 Å². The van der Waals surface area contributed by atoms with Crippen LogP contribution in [0.5, 0.6) is 0 Å². The van der Waals surface area contributed by atoms with E-state index in [0.29, 0.717) is 5.82 Å². The summed E-state index contributed by atoms with van der Waals surface area (Å²) in [5.41, 5.74) is 0. The third-order valence-corrected chi connectivity index (χ3v) is 0.561. The second kappa shape index (κ2) is 1.11. The Morgan fingerprint density at radius 3 is 2.57 bits per heavy atom. The average Bonchev–Trinajstić information content (AvgIpc) is 1.91. The van der Waals surface area contributed by atoms with Crippen LogP contribution in [0.2, 0.25) is 0 Å². The summed E-state index contributed by atoms with van der Waals surface area (Å²) in [7, 11) is 0. The van der Waals surface area contributed by atoms with Crippen LogP contribution in [0.25, 0.3) is 0 Å². The predicted molar refractivity (Wildman–Crippen MR) is 20.9 cm³/mol. The summed E-state index contributed by atoms with van der Waals surface area (Å²) < 4.78 is 0. The summed E-state index contributed by atoms with van der Waals surface area (Å²) in [5, 5.41) is 9.87. The van der Waals surface area contributed by atoms with Gasteiger partial charge in [0.1, 0.15) is 10.3 Å². The highest BCUT2D eigenvalue weighted by Gasteiger charge is 2.11. The maximum Gasteiger partial charge on any atom is 0.342 e. The molecule has 5 nitrogen and oxygen atoms in total. The van der Waals surface area contributed by atoms with Gasteiger partial charge in [-0.25, -0.2) is 0 Å². The highest BCUT2D eigenvalue weighted by Crippen LogP contribution is 1.99. The first-order chi connectivity index (χ1) is 3.30. The molecule has 0 saturated heterocycles. The van der Waals surface area contributed by atoms with E-state index in [4.69, 9.17) is 5.84 Å². The molecular weight excluding hydrogens is 94.1 g/mol. The van der Waals surface area contributed by atoms with Gasteiger partial charge in [0.05, 0.1) is 0 Å². The van der Waals surface area contributed by atoms with Gasteiger partial charge in [-0.2, -0.15) is 0 Å². The van der Waals surface area contributed by atoms with Crippen molar-refractivity contribution in [1.29, 1.82) is 0 Å². The molecule has 1 aliphatic heterocycles. The molecule has 0 bridgehead atoms. The van der Waals surface area contributed by atoms with Crippen molar-refractivity contribution >= 4 is 0 Å². The quantitative estimate of drug-likeness (QED) is 0.340. The van der Waals surface area contributed by atoms with E-state index in [1.807, 2.05) is 0 Å². The molecule has 0 atom stereocenters. The fourth-order valence-electron chi connectivity index (χ4n) is 0.212. The smallest absolute Gasteiger partial charge is 0.269 e. The minimum absolute atomic E-state index is 0.361. The van der Waals surface area contributed by atoms with Gasteiger partial charge in [0.2, 0.25) is 5.22 Å². The lowest BCUT2D eigenvalue weighted by atomic mass is 10.9. The predicted octanol–water partition coefficient (Wildman–Crippen LogP) is 0.177. The highest BCUT2D eigenvalue weighted by molar-refractivity contribution is 4.72. The zero-order chi connectivity index (χ0) is 5.28. The van der Waals surface area contributed by atoms with Crippen molar-refractivity contribution in [2.24, 2.45) is 21.4 Å². The number of hydrazine groups is 1. The molecule has 0 aromatic rings. The van der Waals surface area contributed by atoms with Crippen molar-refractivity contribution in [2.75, 3.05) is 0 Å². The van der Waals surface area contributed by atoms with Crippen LogP contribution in [0, 0.1) is 0 Å². The van der Waals surface area contributed by atoms with Crippen molar-refractivity contribution in [1.82, 2.24) is 0 Å². The van der Waals surface area contributed by atoms with Gasteiger partial charge in [0, 0.05) is 0 Å². The van der Waals surface area contributed by atoms with Gasteiger partial charge in [0.15, 0.2) is 0 Å². The second-order valence-electron chi connectivity index (χ2n) is 1.04. The molecule has 1 rings (SSSR count). The highest BCUT2D eigenvalue weighted by atomic mass is 15.7. The Hall–Kier alpha value is -1.26. The van der Waals surface area contributed by atoms with Crippen molar-refractivity contribution in [3.63, 3.8) is 0 Å². The molecule has 1 heterocycles. The normalized spacial score (nSPS) is 17.7. The summed E-state index contributed by atoms with van der Waals surface area (Å²) in [6.45, 7) is 3.38. The molecule has 5 heteroatoms. The molecule has 1 aliphatic rings. The van der Waals surface area contributed by atoms with Crippen LogP contribution in [0.1, 0.15) is 0 Å². The lowest BCUT2D eigenvalue weighted by molar-refractivity contribution is -0.551. The summed E-state index contributed by atoms with van der Waals surface area (Å²) in [5.74, 6) is 5.42. The number of rotatable bonds is 0. The summed E-state index contributed by atoms with van der Waals surface area (Å²) >= 11 is 0. The van der Waals surface area contributed by atoms with E-state index in [1.165, 1.54) is 0 Å². The number of hydrogen-bond donors (Lipinski definition) is 1. The summed E-state index contributed by atoms with van der Waals surface area (Å²) in [4.78, 5) is 1.00. The first-order valence-corrected chi connectivity index (χ1v) is 1.66. The third kappa shape index (κ3) is 0.466. The number of nitrogens with two attached hydrogens (primary N) is 1. The largest absolute Gasteiger partial charge is 0.342 e. The maximum absolute atomic E-state index is 5.06. The van der Waals surface area contributed by atoms with E-state index in [2.05, 4.69) is 22.1 Å². The average molecular weight is 98.1 g/mol. The Bertz CT molecular complexity index is 153. The van der Waals surface area contributed by atoms with Crippen LogP contribution in [0.3, 0.4) is 0 Å². The van der Waals surface area contributed by atoms with Crippen LogP contribution >= 0.6 is 0 Å². The molecule has 0 spiro atoms. The van der Waals surface area contributed by atoms with Crippen LogP contribution in [0.15, 0.2) is 28.0 Å². The Kier molecular flexibility index (Phi) is 0.619. The van der Waals surface area contributed by atoms with Gasteiger partial charge in [0.25, 0.3) is 0 Å². The van der Waals surface area contributed by atoms with Crippen molar-refractivity contribution in [3.8, 4) is 0 Å². The Morgan fingerprint density at radius 2 is 2.43 bits per heavy atom. The van der Waals surface area contributed by atoms with E-state index in [-0.39, 0.29) is 0 Å². The second-order valence-corrected chi connectivity index (χ2v) is 1.04. The van der Waals surface area contributed by atoms with Gasteiger partial charge in [-0.3, -0.25) is 5.84 Å². The molecule has 0 radical (unpaired) electrons. The van der Waals surface area contributed by atoms with Crippen LogP contribution < -0.4 is 5.84 Å². The van der Waals surface area contributed by atoms with Gasteiger partial charge in [-0.05, 0) is 11.4 Å². The Balaban J connectivity index is 2.89. The molecule has 0 unspecified atom stereocenters. The third-order valence-electron chi connectivity index (χ3n) is 0.561. The molecule has 0 aromatic carbocycles. The molecule has 36 valence electrons. The van der Waals surface area contributed by atoms with Crippen LogP contribution in [0.4, 0.5) is 0 Å². The number of nitrogens with zero attached hydrogens (tertiary/aromatic N) is 4. The summed E-state index contributed by atoms with van der Waals surface area (Å²) in [6, 6.07) is 0. The zero-order valence-corrected chi connectivity index (χ0v) is 3.57. The number of hydrogen-bond acceptors (Lipinski definition) is 4. The van der Waals surface area contributed by atoms with Gasteiger partial charge >= 0.3 is 5.82 Å². The van der Waals surface area contributed by atoms with E-state index in [0.717, 1.165) is 4.81 Å². The van der Waals surface area contributed by atoms with Gasteiger partial charge in [-0.15, -0.1) is 0 Å². The first kappa shape index (κ1) is 3.91. The minimum Gasteiger partial charge on any atom is -0.269 e. The Morgan fingerprint density at radius 1 is 1.71 bits per heavy atom. The van der Waals surface area contributed by atoms with Crippen LogP contribution in [-0.4, -0.2) is 4.81 Å². The molecule has 7 heavy (non-hydrogen) atoms. The molecule has 0 saturated carbocycles. The van der Waals surface area contributed by atoms with Gasteiger partial charge in [-0.1, -0.05) is 0 Å². The monoisotopic (exact) mass is 98.0 g/mol. The molecule has 0 aliphatic carbocycles. The van der Waals surface area contributed by atoms with E-state index in [9.17, 15) is 0 Å². The molecule has 2 N–H and O–H groups in total. The lowest BCUT2D eigenvalue weighted by Gasteiger charge is -1.76. The topological polar surface area (TPSA) is 66.1 Å². The van der Waals surface area contributed by atoms with E-state index >= 15 is 0 Å². The minimum atomic E-state index is 0.361. The molecular formula is C2H4N5+. The molecule has 0 aromatic heterocycles. The van der Waals surface area contributed by atoms with E-state index < -0.39 is 0 Å². The lowest BCUT2D eigenvalue weighted by Crippen LogP contribution is -2.11. The molecule has 0 fully saturated rings. The van der Waals surface area contributed by atoms with E-state index in [1.54, 1.807) is 0 Å².